The maximum Gasteiger partial charge on any atom is 0.305 e. The van der Waals surface area contributed by atoms with Crippen molar-refractivity contribution in [2.24, 2.45) is 0 Å². The summed E-state index contributed by atoms with van der Waals surface area (Å²) in [6.45, 7) is -0.00125. The third-order valence-corrected chi connectivity index (χ3v) is 5.56. The maximum atomic E-state index is 12.7. The lowest BCUT2D eigenvalue weighted by molar-refractivity contribution is -0.136. The van der Waals surface area contributed by atoms with Gasteiger partial charge >= 0.3 is 5.97 Å². The summed E-state index contributed by atoms with van der Waals surface area (Å²) in [5.41, 5.74) is 1.12. The number of benzene rings is 2. The Morgan fingerprint density at radius 2 is 1.84 bits per heavy atom. The van der Waals surface area contributed by atoms with Gasteiger partial charge in [-0.3, -0.25) is 14.3 Å². The van der Waals surface area contributed by atoms with Crippen LogP contribution in [-0.4, -0.2) is 48.8 Å². The zero-order valence-corrected chi connectivity index (χ0v) is 17.3. The Balaban J connectivity index is 1.71. The quantitative estimate of drug-likeness (QED) is 0.458. The van der Waals surface area contributed by atoms with Crippen molar-refractivity contribution in [3.05, 3.63) is 66.5 Å². The molecule has 0 fully saturated rings. The standard InChI is InChI=1S/C20H20N4O6S/c1-30-18-5-3-2-4-17(18)24-13-16(12-22-24)31(28,29)23-15-8-6-14(7-9-15)20(27)21-11-10-19(25)26/h2-9,12-13,23H,10-11H2,1H3,(H,21,27)(H,25,26). The topological polar surface area (TPSA) is 140 Å². The first-order valence-electron chi connectivity index (χ1n) is 9.11. The van der Waals surface area contributed by atoms with Gasteiger partial charge in [-0.2, -0.15) is 5.10 Å². The minimum Gasteiger partial charge on any atom is -0.494 e. The van der Waals surface area contributed by atoms with Gasteiger partial charge in [0, 0.05) is 17.8 Å². The normalized spacial score (nSPS) is 11.0. The molecule has 1 aromatic heterocycles. The molecule has 0 saturated carbocycles. The van der Waals surface area contributed by atoms with Crippen LogP contribution >= 0.6 is 0 Å². The average Bonchev–Trinajstić information content (AvgIpc) is 3.25. The second-order valence-corrected chi connectivity index (χ2v) is 8.06. The summed E-state index contributed by atoms with van der Waals surface area (Å²) in [6, 6.07) is 12.8. The number of aromatic nitrogens is 2. The number of hydrogen-bond acceptors (Lipinski definition) is 6. The fourth-order valence-electron chi connectivity index (χ4n) is 2.68. The molecule has 3 aromatic rings. The van der Waals surface area contributed by atoms with Crippen LogP contribution in [0.25, 0.3) is 5.69 Å². The van der Waals surface area contributed by atoms with Crippen molar-refractivity contribution in [3.63, 3.8) is 0 Å². The number of amides is 1. The summed E-state index contributed by atoms with van der Waals surface area (Å²) in [6.07, 6.45) is 2.40. The van der Waals surface area contributed by atoms with Crippen LogP contribution < -0.4 is 14.8 Å². The molecule has 31 heavy (non-hydrogen) atoms. The predicted octanol–water partition coefficient (Wildman–Crippen LogP) is 1.89. The van der Waals surface area contributed by atoms with Gasteiger partial charge in [0.05, 0.1) is 25.9 Å². The van der Waals surface area contributed by atoms with Crippen LogP contribution in [0.3, 0.4) is 0 Å². The molecule has 3 rings (SSSR count). The van der Waals surface area contributed by atoms with Gasteiger partial charge in [-0.25, -0.2) is 13.1 Å². The summed E-state index contributed by atoms with van der Waals surface area (Å²) >= 11 is 0. The van der Waals surface area contributed by atoms with E-state index in [4.69, 9.17) is 9.84 Å². The highest BCUT2D eigenvalue weighted by Gasteiger charge is 2.18. The highest BCUT2D eigenvalue weighted by atomic mass is 32.2. The van der Waals surface area contributed by atoms with Gasteiger partial charge in [-0.1, -0.05) is 12.1 Å². The van der Waals surface area contributed by atoms with Gasteiger partial charge in [0.1, 0.15) is 16.3 Å². The van der Waals surface area contributed by atoms with E-state index in [1.54, 1.807) is 24.3 Å². The number of carboxylic acids is 1. The molecule has 1 heterocycles. The summed E-state index contributed by atoms with van der Waals surface area (Å²) in [4.78, 5) is 22.4. The molecule has 0 aliphatic carbocycles. The first kappa shape index (κ1) is 21.8. The molecule has 0 bridgehead atoms. The molecular formula is C20H20N4O6S. The Labute approximate surface area is 178 Å². The number of para-hydroxylation sites is 2. The van der Waals surface area contributed by atoms with E-state index in [2.05, 4.69) is 15.1 Å². The van der Waals surface area contributed by atoms with E-state index in [1.807, 2.05) is 0 Å². The summed E-state index contributed by atoms with van der Waals surface area (Å²) in [7, 11) is -2.41. The molecule has 0 unspecified atom stereocenters. The SMILES string of the molecule is COc1ccccc1-n1cc(S(=O)(=O)Nc2ccc(C(=O)NCCC(=O)O)cc2)cn1. The largest absolute Gasteiger partial charge is 0.494 e. The number of nitrogens with zero attached hydrogens (tertiary/aromatic N) is 2. The number of methoxy groups -OCH3 is 1. The van der Waals surface area contributed by atoms with Crippen molar-refractivity contribution in [2.75, 3.05) is 18.4 Å². The van der Waals surface area contributed by atoms with Crippen molar-refractivity contribution < 1.29 is 27.9 Å². The van der Waals surface area contributed by atoms with Crippen LogP contribution in [0.4, 0.5) is 5.69 Å². The number of aliphatic carboxylic acids is 1. The number of carbonyl (C=O) groups excluding carboxylic acids is 1. The average molecular weight is 444 g/mol. The third kappa shape index (κ3) is 5.39. The molecule has 1 amide bonds. The molecule has 3 N–H and O–H groups in total. The number of anilines is 1. The fourth-order valence-corrected chi connectivity index (χ4v) is 3.67. The Morgan fingerprint density at radius 3 is 2.52 bits per heavy atom. The van der Waals surface area contributed by atoms with Gasteiger partial charge in [-0.15, -0.1) is 0 Å². The van der Waals surface area contributed by atoms with Gasteiger partial charge in [-0.05, 0) is 36.4 Å². The van der Waals surface area contributed by atoms with E-state index in [0.29, 0.717) is 11.4 Å². The highest BCUT2D eigenvalue weighted by molar-refractivity contribution is 7.92. The van der Waals surface area contributed by atoms with Crippen LogP contribution in [0.5, 0.6) is 5.75 Å². The Morgan fingerprint density at radius 1 is 1.13 bits per heavy atom. The monoisotopic (exact) mass is 444 g/mol. The Hall–Kier alpha value is -3.86. The van der Waals surface area contributed by atoms with E-state index in [9.17, 15) is 18.0 Å². The van der Waals surface area contributed by atoms with Gasteiger partial charge in [0.25, 0.3) is 15.9 Å². The van der Waals surface area contributed by atoms with E-state index < -0.39 is 21.9 Å². The number of rotatable bonds is 9. The molecular weight excluding hydrogens is 424 g/mol. The number of carboxylic acid groups (broad SMARTS) is 1. The molecule has 0 aliphatic rings. The number of carbonyl (C=O) groups is 2. The van der Waals surface area contributed by atoms with Crippen molar-refractivity contribution in [1.82, 2.24) is 15.1 Å². The molecule has 10 nitrogen and oxygen atoms in total. The van der Waals surface area contributed by atoms with Gasteiger partial charge in [0.2, 0.25) is 0 Å². The Kier molecular flexibility index (Phi) is 6.55. The number of sulfonamides is 1. The molecule has 0 atom stereocenters. The van der Waals surface area contributed by atoms with Crippen LogP contribution in [0, 0.1) is 0 Å². The smallest absolute Gasteiger partial charge is 0.305 e. The fraction of sp³-hybridized carbons (Fsp3) is 0.150. The summed E-state index contributed by atoms with van der Waals surface area (Å²) in [5, 5.41) is 15.2. The van der Waals surface area contributed by atoms with E-state index >= 15 is 0 Å². The van der Waals surface area contributed by atoms with Crippen LogP contribution in [0.2, 0.25) is 0 Å². The molecule has 0 spiro atoms. The van der Waals surface area contributed by atoms with E-state index in [0.717, 1.165) is 0 Å². The molecule has 2 aromatic carbocycles. The first-order chi connectivity index (χ1) is 14.8. The third-order valence-electron chi connectivity index (χ3n) is 4.22. The zero-order valence-electron chi connectivity index (χ0n) is 16.5. The molecule has 0 saturated heterocycles. The van der Waals surface area contributed by atoms with Crippen LogP contribution in [0.15, 0.2) is 65.8 Å². The molecule has 0 radical (unpaired) electrons. The zero-order chi connectivity index (χ0) is 22.4. The maximum absolute atomic E-state index is 12.7. The lowest BCUT2D eigenvalue weighted by Crippen LogP contribution is -2.25. The van der Waals surface area contributed by atoms with E-state index in [-0.39, 0.29) is 29.1 Å². The minimum atomic E-state index is -3.92. The summed E-state index contributed by atoms with van der Waals surface area (Å²) < 4.78 is 34.5. The van der Waals surface area contributed by atoms with Crippen LogP contribution in [-0.2, 0) is 14.8 Å². The number of hydrogen-bond donors (Lipinski definition) is 3. The van der Waals surface area contributed by atoms with E-state index in [1.165, 1.54) is 48.5 Å². The number of nitrogens with one attached hydrogen (secondary N) is 2. The lowest BCUT2D eigenvalue weighted by Gasteiger charge is -2.08. The van der Waals surface area contributed by atoms with Gasteiger partial charge in [0.15, 0.2) is 0 Å². The Bertz CT molecular complexity index is 1190. The van der Waals surface area contributed by atoms with Crippen molar-refractivity contribution in [1.29, 1.82) is 0 Å². The minimum absolute atomic E-state index is 0.00125. The highest BCUT2D eigenvalue weighted by Crippen LogP contribution is 2.23. The summed E-state index contributed by atoms with van der Waals surface area (Å²) in [5.74, 6) is -0.924. The second-order valence-electron chi connectivity index (χ2n) is 6.37. The molecule has 162 valence electrons. The molecule has 11 heteroatoms. The predicted molar refractivity (Wildman–Crippen MR) is 112 cm³/mol. The number of ether oxygens (including phenoxy) is 1. The van der Waals surface area contributed by atoms with Gasteiger partial charge < -0.3 is 15.2 Å². The van der Waals surface area contributed by atoms with Crippen molar-refractivity contribution >= 4 is 27.6 Å². The second kappa shape index (κ2) is 9.30. The molecule has 0 aliphatic heterocycles. The first-order valence-corrected chi connectivity index (χ1v) is 10.6. The van der Waals surface area contributed by atoms with Crippen LogP contribution in [0.1, 0.15) is 16.8 Å². The lowest BCUT2D eigenvalue weighted by atomic mass is 10.2. The van der Waals surface area contributed by atoms with Crippen molar-refractivity contribution in [2.45, 2.75) is 11.3 Å². The van der Waals surface area contributed by atoms with Crippen molar-refractivity contribution in [3.8, 4) is 11.4 Å².